The van der Waals surface area contributed by atoms with Crippen molar-refractivity contribution in [2.75, 3.05) is 6.54 Å². The number of likely N-dealkylation sites (tertiary alicyclic amines) is 1. The molecule has 3 atom stereocenters. The normalized spacial score (nSPS) is 17.6. The molecule has 2 unspecified atom stereocenters. The quantitative estimate of drug-likeness (QED) is 0.228. The van der Waals surface area contributed by atoms with Gasteiger partial charge in [-0.3, -0.25) is 19.6 Å². The molecule has 0 radical (unpaired) electrons. The number of nitrogens with zero attached hydrogens (tertiary/aromatic N) is 1. The lowest BCUT2D eigenvalue weighted by molar-refractivity contribution is -0.143. The van der Waals surface area contributed by atoms with Crippen LogP contribution >= 0.6 is 0 Å². The van der Waals surface area contributed by atoms with Gasteiger partial charge in [0.05, 0.1) is 11.5 Å². The minimum Gasteiger partial charge on any atom is -0.344 e. The molecule has 1 fully saturated rings. The average molecular weight is 576 g/mol. The van der Waals surface area contributed by atoms with Crippen LogP contribution in [0.4, 0.5) is 13.2 Å². The number of amides is 3. The van der Waals surface area contributed by atoms with Crippen LogP contribution in [0.2, 0.25) is 0 Å². The van der Waals surface area contributed by atoms with Gasteiger partial charge in [0.2, 0.25) is 17.7 Å². The van der Waals surface area contributed by atoms with Gasteiger partial charge in [0.25, 0.3) is 0 Å². The fourth-order valence-corrected chi connectivity index (χ4v) is 5.47. The Hall–Kier alpha value is -3.40. The Morgan fingerprint density at radius 2 is 1.73 bits per heavy atom. The number of benzene rings is 2. The SMILES string of the molecule is CCCC(C(=O)NO)C(CC(C)C)C(=O)N[C@H]1CCCCN(Cc2cccc(-c3ccc(C(F)(F)F)cc3)c2)C1=O. The van der Waals surface area contributed by atoms with E-state index in [0.717, 1.165) is 36.1 Å². The van der Waals surface area contributed by atoms with E-state index in [1.54, 1.807) is 16.4 Å². The van der Waals surface area contributed by atoms with Crippen molar-refractivity contribution >= 4 is 17.7 Å². The van der Waals surface area contributed by atoms with Gasteiger partial charge in [-0.05, 0) is 72.9 Å². The zero-order valence-electron chi connectivity index (χ0n) is 23.8. The van der Waals surface area contributed by atoms with Gasteiger partial charge >= 0.3 is 6.18 Å². The van der Waals surface area contributed by atoms with Crippen molar-refractivity contribution in [1.82, 2.24) is 15.7 Å². The van der Waals surface area contributed by atoms with Crippen LogP contribution in [-0.2, 0) is 27.1 Å². The number of halogens is 3. The third kappa shape index (κ3) is 8.79. The summed E-state index contributed by atoms with van der Waals surface area (Å²) in [7, 11) is 0. The molecule has 0 aliphatic carbocycles. The van der Waals surface area contributed by atoms with Gasteiger partial charge in [-0.2, -0.15) is 13.2 Å². The van der Waals surface area contributed by atoms with E-state index in [-0.39, 0.29) is 17.7 Å². The van der Waals surface area contributed by atoms with Crippen LogP contribution < -0.4 is 10.8 Å². The number of hydrogen-bond donors (Lipinski definition) is 3. The minimum atomic E-state index is -4.41. The lowest BCUT2D eigenvalue weighted by atomic mass is 9.81. The number of carbonyl (C=O) groups is 3. The third-order valence-corrected chi connectivity index (χ3v) is 7.54. The number of alkyl halides is 3. The summed E-state index contributed by atoms with van der Waals surface area (Å²) in [5.74, 6) is -2.46. The average Bonchev–Trinajstić information content (AvgIpc) is 3.10. The van der Waals surface area contributed by atoms with E-state index in [1.807, 2.05) is 39.0 Å². The van der Waals surface area contributed by atoms with E-state index in [2.05, 4.69) is 5.32 Å². The zero-order chi connectivity index (χ0) is 30.2. The van der Waals surface area contributed by atoms with Crippen molar-refractivity contribution in [2.45, 2.75) is 78.1 Å². The summed E-state index contributed by atoms with van der Waals surface area (Å²) in [6, 6.07) is 11.6. The number of nitrogens with one attached hydrogen (secondary N) is 2. The summed E-state index contributed by atoms with van der Waals surface area (Å²) >= 11 is 0. The molecule has 0 saturated carbocycles. The molecule has 0 spiro atoms. The second-order valence-electron chi connectivity index (χ2n) is 11.2. The molecule has 0 bridgehead atoms. The Morgan fingerprint density at radius 3 is 2.34 bits per heavy atom. The largest absolute Gasteiger partial charge is 0.416 e. The maximum atomic E-state index is 13.6. The molecular formula is C31H40F3N3O4. The van der Waals surface area contributed by atoms with Gasteiger partial charge in [-0.25, -0.2) is 5.48 Å². The van der Waals surface area contributed by atoms with E-state index in [1.165, 1.54) is 12.1 Å². The number of hydrogen-bond acceptors (Lipinski definition) is 4. The van der Waals surface area contributed by atoms with Crippen molar-refractivity contribution in [2.24, 2.45) is 17.8 Å². The maximum Gasteiger partial charge on any atom is 0.416 e. The molecule has 3 N–H and O–H groups in total. The first-order valence-corrected chi connectivity index (χ1v) is 14.2. The molecule has 2 aromatic rings. The van der Waals surface area contributed by atoms with E-state index in [4.69, 9.17) is 0 Å². The van der Waals surface area contributed by atoms with Gasteiger partial charge < -0.3 is 10.2 Å². The van der Waals surface area contributed by atoms with Gasteiger partial charge in [-0.15, -0.1) is 0 Å². The van der Waals surface area contributed by atoms with E-state index >= 15 is 0 Å². The maximum absolute atomic E-state index is 13.6. The zero-order valence-corrected chi connectivity index (χ0v) is 23.8. The summed E-state index contributed by atoms with van der Waals surface area (Å²) in [6.07, 6.45) is -0.910. The van der Waals surface area contributed by atoms with Gasteiger partial charge in [0.1, 0.15) is 6.04 Å². The highest BCUT2D eigenvalue weighted by atomic mass is 19.4. The van der Waals surface area contributed by atoms with Crippen molar-refractivity contribution in [3.8, 4) is 11.1 Å². The highest BCUT2D eigenvalue weighted by Crippen LogP contribution is 2.31. The topological polar surface area (TPSA) is 98.7 Å². The van der Waals surface area contributed by atoms with Gasteiger partial charge in [0.15, 0.2) is 0 Å². The highest BCUT2D eigenvalue weighted by Gasteiger charge is 2.36. The highest BCUT2D eigenvalue weighted by molar-refractivity contribution is 5.91. The number of rotatable bonds is 11. The first-order chi connectivity index (χ1) is 19.4. The summed E-state index contributed by atoms with van der Waals surface area (Å²) in [5.41, 5.74) is 3.18. The Kier molecular flexibility index (Phi) is 11.3. The molecule has 3 amide bonds. The van der Waals surface area contributed by atoms with Crippen LogP contribution in [0.3, 0.4) is 0 Å². The molecule has 41 heavy (non-hydrogen) atoms. The van der Waals surface area contributed by atoms with Crippen LogP contribution in [0.5, 0.6) is 0 Å². The lowest BCUT2D eigenvalue weighted by Crippen LogP contribution is -2.51. The first-order valence-electron chi connectivity index (χ1n) is 14.2. The molecule has 1 saturated heterocycles. The van der Waals surface area contributed by atoms with E-state index in [0.29, 0.717) is 44.3 Å². The molecule has 10 heteroatoms. The predicted molar refractivity (Wildman–Crippen MR) is 149 cm³/mol. The van der Waals surface area contributed by atoms with Gasteiger partial charge in [-0.1, -0.05) is 57.5 Å². The molecule has 2 aromatic carbocycles. The number of hydroxylamine groups is 1. The Bertz CT molecular complexity index is 1180. The van der Waals surface area contributed by atoms with Crippen LogP contribution in [0.1, 0.15) is 70.4 Å². The van der Waals surface area contributed by atoms with Crippen LogP contribution in [0.25, 0.3) is 11.1 Å². The van der Waals surface area contributed by atoms with Crippen molar-refractivity contribution < 1.29 is 32.8 Å². The Morgan fingerprint density at radius 1 is 1.02 bits per heavy atom. The Balaban J connectivity index is 1.76. The van der Waals surface area contributed by atoms with Crippen LogP contribution in [-0.4, -0.2) is 40.4 Å². The van der Waals surface area contributed by atoms with Crippen molar-refractivity contribution in [3.63, 3.8) is 0 Å². The Labute approximate surface area is 239 Å². The van der Waals surface area contributed by atoms with Crippen molar-refractivity contribution in [3.05, 3.63) is 59.7 Å². The third-order valence-electron chi connectivity index (χ3n) is 7.54. The summed E-state index contributed by atoms with van der Waals surface area (Å²) in [4.78, 5) is 41.2. The molecule has 1 heterocycles. The molecule has 224 valence electrons. The van der Waals surface area contributed by atoms with Crippen LogP contribution in [0, 0.1) is 17.8 Å². The molecule has 7 nitrogen and oxygen atoms in total. The van der Waals surface area contributed by atoms with Crippen LogP contribution in [0.15, 0.2) is 48.5 Å². The lowest BCUT2D eigenvalue weighted by Gasteiger charge is -2.29. The van der Waals surface area contributed by atoms with E-state index in [9.17, 15) is 32.8 Å². The standard InChI is InChI=1S/C31H40F3N3O4/c1-4-8-25(29(39)36-41)26(17-20(2)3)28(38)35-27-11-5-6-16-37(30(27)40)19-21-9-7-10-23(18-21)22-12-14-24(15-13-22)31(32,33)34/h7,9-10,12-15,18,20,25-27,41H,4-6,8,11,16-17,19H2,1-3H3,(H,35,38)(H,36,39)/t25?,26?,27-/m0/s1. The van der Waals surface area contributed by atoms with E-state index < -0.39 is 35.5 Å². The fourth-order valence-electron chi connectivity index (χ4n) is 5.47. The summed E-state index contributed by atoms with van der Waals surface area (Å²) in [6.45, 7) is 6.62. The first kappa shape index (κ1) is 32.1. The molecule has 1 aliphatic heterocycles. The second kappa shape index (κ2) is 14.5. The second-order valence-corrected chi connectivity index (χ2v) is 11.2. The summed E-state index contributed by atoms with van der Waals surface area (Å²) in [5, 5.41) is 12.2. The molecule has 0 aromatic heterocycles. The number of carbonyl (C=O) groups excluding carboxylic acids is 3. The smallest absolute Gasteiger partial charge is 0.344 e. The minimum absolute atomic E-state index is 0.120. The molecule has 1 aliphatic rings. The molecule has 3 rings (SSSR count). The van der Waals surface area contributed by atoms with Gasteiger partial charge in [0, 0.05) is 19.0 Å². The summed E-state index contributed by atoms with van der Waals surface area (Å²) < 4.78 is 38.9. The predicted octanol–water partition coefficient (Wildman–Crippen LogP) is 5.95. The molecular weight excluding hydrogens is 535 g/mol. The fraction of sp³-hybridized carbons (Fsp3) is 0.516. The monoisotopic (exact) mass is 575 g/mol. The van der Waals surface area contributed by atoms with Crippen molar-refractivity contribution in [1.29, 1.82) is 0 Å².